The zero-order valence-electron chi connectivity index (χ0n) is 15.9. The maximum atomic E-state index is 11.6. The van der Waals surface area contributed by atoms with E-state index in [-0.39, 0.29) is 5.69 Å². The summed E-state index contributed by atoms with van der Waals surface area (Å²) in [4.78, 5) is 25.7. The topological polar surface area (TPSA) is 116 Å². The SMILES string of the molecule is C=c1[nH]c(=O)[nH]/c1=C\c1cnn2c(NCC3CC3)cc(Nc3ccc(Cl)nc3)nc12. The number of fused-ring (bicyclic) bond motifs is 1. The fourth-order valence-electron chi connectivity index (χ4n) is 3.15. The highest BCUT2D eigenvalue weighted by Gasteiger charge is 2.21. The van der Waals surface area contributed by atoms with Gasteiger partial charge in [0.2, 0.25) is 0 Å². The molecule has 152 valence electrons. The zero-order chi connectivity index (χ0) is 20.7. The molecule has 4 aromatic rings. The Labute approximate surface area is 175 Å². The van der Waals surface area contributed by atoms with Crippen LogP contribution in [0.1, 0.15) is 18.4 Å². The Morgan fingerprint density at radius 1 is 1.30 bits per heavy atom. The van der Waals surface area contributed by atoms with Gasteiger partial charge in [-0.15, -0.1) is 0 Å². The van der Waals surface area contributed by atoms with Crippen molar-refractivity contribution in [2.45, 2.75) is 12.8 Å². The molecule has 0 radical (unpaired) electrons. The van der Waals surface area contributed by atoms with Gasteiger partial charge in [-0.25, -0.2) is 14.8 Å². The predicted molar refractivity (Wildman–Crippen MR) is 116 cm³/mol. The summed E-state index contributed by atoms with van der Waals surface area (Å²) in [6.45, 7) is 4.73. The standard InChI is InChI=1S/C20H19ClN8O/c1-11-15(27-20(30)25-11)6-13-9-24-29-18(23-8-12-2-3-12)7-17(28-19(13)29)26-14-4-5-16(21)22-10-14/h4-7,9-10,12,23H,1-3,8H2,(H,26,28)(H2,25,27,30)/b15-6-. The maximum absolute atomic E-state index is 11.6. The maximum Gasteiger partial charge on any atom is 0.323 e. The van der Waals surface area contributed by atoms with Gasteiger partial charge in [0.05, 0.1) is 28.8 Å². The summed E-state index contributed by atoms with van der Waals surface area (Å²) in [6, 6.07) is 5.46. The van der Waals surface area contributed by atoms with Crippen LogP contribution in [0.3, 0.4) is 0 Å². The fourth-order valence-corrected chi connectivity index (χ4v) is 3.26. The van der Waals surface area contributed by atoms with E-state index in [9.17, 15) is 4.79 Å². The average molecular weight is 423 g/mol. The minimum Gasteiger partial charge on any atom is -0.370 e. The number of hydrogen-bond donors (Lipinski definition) is 4. The first-order chi connectivity index (χ1) is 14.5. The first-order valence-corrected chi connectivity index (χ1v) is 9.93. The second kappa shape index (κ2) is 7.34. The molecule has 1 fully saturated rings. The van der Waals surface area contributed by atoms with Crippen molar-refractivity contribution in [3.8, 4) is 0 Å². The number of imidazole rings is 1. The quantitative estimate of drug-likeness (QED) is 0.351. The van der Waals surface area contributed by atoms with Crippen molar-refractivity contribution in [3.05, 3.63) is 62.5 Å². The number of anilines is 3. The highest BCUT2D eigenvalue weighted by Crippen LogP contribution is 2.29. The van der Waals surface area contributed by atoms with Crippen LogP contribution in [0.25, 0.3) is 18.3 Å². The lowest BCUT2D eigenvalue weighted by Gasteiger charge is -2.11. The molecule has 0 saturated heterocycles. The predicted octanol–water partition coefficient (Wildman–Crippen LogP) is 1.60. The van der Waals surface area contributed by atoms with Crippen LogP contribution in [0.5, 0.6) is 0 Å². The van der Waals surface area contributed by atoms with Crippen molar-refractivity contribution in [2.24, 2.45) is 5.92 Å². The van der Waals surface area contributed by atoms with E-state index in [0.717, 1.165) is 23.6 Å². The van der Waals surface area contributed by atoms with E-state index >= 15 is 0 Å². The molecule has 0 unspecified atom stereocenters. The largest absolute Gasteiger partial charge is 0.370 e. The lowest BCUT2D eigenvalue weighted by atomic mass is 10.3. The number of halogens is 1. The van der Waals surface area contributed by atoms with E-state index in [0.29, 0.717) is 33.2 Å². The molecule has 10 heteroatoms. The van der Waals surface area contributed by atoms with Gasteiger partial charge >= 0.3 is 5.69 Å². The number of hydrogen-bond acceptors (Lipinski definition) is 6. The molecule has 0 aromatic carbocycles. The number of H-pyrrole nitrogens is 2. The fraction of sp³-hybridized carbons (Fsp3) is 0.200. The third-order valence-corrected chi connectivity index (χ3v) is 5.13. The zero-order valence-corrected chi connectivity index (χ0v) is 16.7. The summed E-state index contributed by atoms with van der Waals surface area (Å²) in [6.07, 6.45) is 7.65. The number of rotatable bonds is 6. The first-order valence-electron chi connectivity index (χ1n) is 9.55. The van der Waals surface area contributed by atoms with E-state index in [1.165, 1.54) is 12.8 Å². The molecule has 1 aliphatic rings. The molecule has 0 aliphatic heterocycles. The summed E-state index contributed by atoms with van der Waals surface area (Å²) in [5.41, 5.74) is 1.86. The second-order valence-corrected chi connectivity index (χ2v) is 7.68. The third-order valence-electron chi connectivity index (χ3n) is 4.91. The van der Waals surface area contributed by atoms with Gasteiger partial charge in [0.25, 0.3) is 0 Å². The van der Waals surface area contributed by atoms with Gasteiger partial charge in [-0.1, -0.05) is 18.2 Å². The van der Waals surface area contributed by atoms with E-state index in [2.05, 4.69) is 37.3 Å². The monoisotopic (exact) mass is 422 g/mol. The molecule has 0 atom stereocenters. The molecule has 4 N–H and O–H groups in total. The molecule has 5 rings (SSSR count). The normalized spacial score (nSPS) is 14.4. The van der Waals surface area contributed by atoms with Crippen LogP contribution in [-0.4, -0.2) is 36.1 Å². The summed E-state index contributed by atoms with van der Waals surface area (Å²) in [7, 11) is 0. The van der Waals surface area contributed by atoms with Crippen LogP contribution >= 0.6 is 11.6 Å². The number of aromatic amines is 2. The third kappa shape index (κ3) is 3.79. The molecular formula is C20H19ClN8O. The van der Waals surface area contributed by atoms with E-state index in [1.807, 2.05) is 12.1 Å². The molecule has 4 aromatic heterocycles. The summed E-state index contributed by atoms with van der Waals surface area (Å²) in [5.74, 6) is 2.16. The molecule has 0 spiro atoms. The second-order valence-electron chi connectivity index (χ2n) is 7.30. The Morgan fingerprint density at radius 2 is 2.17 bits per heavy atom. The van der Waals surface area contributed by atoms with Crippen molar-refractivity contribution in [2.75, 3.05) is 17.2 Å². The van der Waals surface area contributed by atoms with Crippen LogP contribution < -0.4 is 27.0 Å². The van der Waals surface area contributed by atoms with E-state index < -0.39 is 0 Å². The number of nitrogens with one attached hydrogen (secondary N) is 4. The van der Waals surface area contributed by atoms with Gasteiger partial charge in [0.1, 0.15) is 16.8 Å². The Balaban J connectivity index is 1.59. The van der Waals surface area contributed by atoms with Crippen LogP contribution in [0.2, 0.25) is 5.15 Å². The van der Waals surface area contributed by atoms with E-state index in [1.54, 1.807) is 29.1 Å². The summed E-state index contributed by atoms with van der Waals surface area (Å²) in [5, 5.41) is 12.7. The molecule has 0 amide bonds. The van der Waals surface area contributed by atoms with Crippen LogP contribution in [0.4, 0.5) is 17.3 Å². The van der Waals surface area contributed by atoms with Gasteiger partial charge < -0.3 is 20.6 Å². The van der Waals surface area contributed by atoms with Gasteiger partial charge in [0, 0.05) is 18.2 Å². The van der Waals surface area contributed by atoms with Crippen LogP contribution in [0.15, 0.2) is 35.4 Å². The van der Waals surface area contributed by atoms with Crippen LogP contribution in [-0.2, 0) is 0 Å². The Hall–Kier alpha value is -3.59. The van der Waals surface area contributed by atoms with Gasteiger partial charge in [-0.2, -0.15) is 9.61 Å². The Morgan fingerprint density at radius 3 is 2.87 bits per heavy atom. The van der Waals surface area contributed by atoms with Crippen molar-refractivity contribution in [3.63, 3.8) is 0 Å². The molecule has 30 heavy (non-hydrogen) atoms. The molecular weight excluding hydrogens is 404 g/mol. The molecule has 9 nitrogen and oxygen atoms in total. The lowest BCUT2D eigenvalue weighted by Crippen LogP contribution is -2.22. The summed E-state index contributed by atoms with van der Waals surface area (Å²) < 4.78 is 1.76. The van der Waals surface area contributed by atoms with E-state index in [4.69, 9.17) is 16.6 Å². The molecule has 1 aliphatic carbocycles. The lowest BCUT2D eigenvalue weighted by molar-refractivity contribution is 0.857. The minimum atomic E-state index is -0.305. The number of aromatic nitrogens is 6. The number of nitrogens with zero attached hydrogens (tertiary/aromatic N) is 4. The van der Waals surface area contributed by atoms with Gasteiger partial charge in [-0.05, 0) is 37.0 Å². The van der Waals surface area contributed by atoms with Crippen LogP contribution in [0, 0.1) is 5.92 Å². The highest BCUT2D eigenvalue weighted by atomic mass is 35.5. The average Bonchev–Trinajstić information content (AvgIpc) is 3.39. The highest BCUT2D eigenvalue weighted by molar-refractivity contribution is 6.29. The van der Waals surface area contributed by atoms with Crippen molar-refractivity contribution in [1.29, 1.82) is 0 Å². The minimum absolute atomic E-state index is 0.305. The van der Waals surface area contributed by atoms with Crippen molar-refractivity contribution < 1.29 is 0 Å². The molecule has 0 bridgehead atoms. The first kappa shape index (κ1) is 18.4. The van der Waals surface area contributed by atoms with Crippen molar-refractivity contribution >= 4 is 47.2 Å². The van der Waals surface area contributed by atoms with Crippen molar-refractivity contribution in [1.82, 2.24) is 29.5 Å². The Kier molecular flexibility index (Phi) is 4.51. The number of pyridine rings is 1. The summed E-state index contributed by atoms with van der Waals surface area (Å²) >= 11 is 5.88. The Bertz CT molecular complexity index is 1380. The molecule has 1 saturated carbocycles. The van der Waals surface area contributed by atoms with Gasteiger partial charge in [-0.3, -0.25) is 0 Å². The smallest absolute Gasteiger partial charge is 0.323 e. The van der Waals surface area contributed by atoms with Gasteiger partial charge in [0.15, 0.2) is 5.65 Å². The molecule has 4 heterocycles.